The summed E-state index contributed by atoms with van der Waals surface area (Å²) in [6, 6.07) is -6.12. The predicted octanol–water partition coefficient (Wildman–Crippen LogP) is -3.14. The van der Waals surface area contributed by atoms with E-state index in [0.717, 1.165) is 0 Å². The van der Waals surface area contributed by atoms with Crippen LogP contribution in [0.15, 0.2) is 4.99 Å². The molecule has 57 heavy (non-hydrogen) atoms. The number of likely N-dealkylation sites (tertiary alicyclic amines) is 1. The number of amides is 7. The Morgan fingerprint density at radius 1 is 0.737 bits per heavy atom. The van der Waals surface area contributed by atoms with Crippen molar-refractivity contribution in [3.05, 3.63) is 0 Å². The van der Waals surface area contributed by atoms with E-state index in [0.29, 0.717) is 45.1 Å². The highest BCUT2D eigenvalue weighted by molar-refractivity contribution is 5.96. The van der Waals surface area contributed by atoms with Gasteiger partial charge in [0.25, 0.3) is 0 Å². The van der Waals surface area contributed by atoms with E-state index in [-0.39, 0.29) is 50.1 Å². The first-order valence-corrected chi connectivity index (χ1v) is 19.6. The number of nitrogens with zero attached hydrogens (tertiary/aromatic N) is 2. The number of hydrogen-bond acceptors (Lipinski definition) is 11. The summed E-state index contributed by atoms with van der Waals surface area (Å²) in [5.74, 6) is -5.86. The monoisotopic (exact) mass is 811 g/mol. The smallest absolute Gasteiger partial charge is 0.322 e. The van der Waals surface area contributed by atoms with E-state index in [1.807, 2.05) is 27.7 Å². The molecule has 0 unspecified atom stereocenters. The molecule has 0 aromatic heterocycles. The Bertz CT molecular complexity index is 1410. The quantitative estimate of drug-likeness (QED) is 0.0234. The van der Waals surface area contributed by atoms with E-state index in [1.165, 1.54) is 11.8 Å². The van der Waals surface area contributed by atoms with E-state index >= 15 is 0 Å². The van der Waals surface area contributed by atoms with E-state index in [1.54, 1.807) is 0 Å². The van der Waals surface area contributed by atoms with E-state index < -0.39 is 96.7 Å². The summed E-state index contributed by atoms with van der Waals surface area (Å²) in [6.07, 6.45) is 3.38. The summed E-state index contributed by atoms with van der Waals surface area (Å²) >= 11 is 0. The number of unbranched alkanes of at least 4 members (excludes halogenated alkanes) is 1. The largest absolute Gasteiger partial charge is 0.480 e. The fourth-order valence-corrected chi connectivity index (χ4v) is 6.08. The Kier molecular flexibility index (Phi) is 22.8. The SMILES string of the molecule is CC(C)C[C@H](NC(=O)[C@H](C)NC(=O)[C@H](CCCN=C(N)N)NC(=O)[C@@H](N)CCCCN)C(=O)NCC(=O)N[C@@H](CC(C)C)C(=O)N1CCC[C@H]1C(=O)NCC(=O)O. The molecule has 0 bridgehead atoms. The highest BCUT2D eigenvalue weighted by Gasteiger charge is 2.38. The second-order valence-electron chi connectivity index (χ2n) is 15.1. The molecule has 0 aromatic rings. The van der Waals surface area contributed by atoms with Gasteiger partial charge in [-0.1, -0.05) is 34.1 Å². The summed E-state index contributed by atoms with van der Waals surface area (Å²) in [5, 5.41) is 24.2. The zero-order chi connectivity index (χ0) is 43.2. The lowest BCUT2D eigenvalue weighted by molar-refractivity contribution is -0.143. The molecular weight excluding hydrogens is 744 g/mol. The van der Waals surface area contributed by atoms with Crippen LogP contribution in [0.5, 0.6) is 0 Å². The molecule has 1 aliphatic rings. The maximum Gasteiger partial charge on any atom is 0.322 e. The van der Waals surface area contributed by atoms with Crippen LogP contribution in [0.2, 0.25) is 0 Å². The molecular formula is C36H66N12O9. The Morgan fingerprint density at radius 3 is 1.96 bits per heavy atom. The van der Waals surface area contributed by atoms with Crippen molar-refractivity contribution in [3.63, 3.8) is 0 Å². The van der Waals surface area contributed by atoms with Crippen LogP contribution in [0.3, 0.4) is 0 Å². The van der Waals surface area contributed by atoms with Crippen molar-refractivity contribution in [3.8, 4) is 0 Å². The third kappa shape index (κ3) is 19.6. The average molecular weight is 811 g/mol. The summed E-state index contributed by atoms with van der Waals surface area (Å²) in [7, 11) is 0. The molecule has 21 heteroatoms. The fourth-order valence-electron chi connectivity index (χ4n) is 6.08. The van der Waals surface area contributed by atoms with Crippen molar-refractivity contribution in [1.29, 1.82) is 0 Å². The van der Waals surface area contributed by atoms with Gasteiger partial charge in [-0.3, -0.25) is 43.3 Å². The predicted molar refractivity (Wildman–Crippen MR) is 211 cm³/mol. The number of carbonyl (C=O) groups is 8. The Labute approximate surface area is 334 Å². The Balaban J connectivity index is 2.95. The number of aliphatic imine (C=N–C) groups is 1. The third-order valence-corrected chi connectivity index (χ3v) is 8.99. The molecule has 1 fully saturated rings. The third-order valence-electron chi connectivity index (χ3n) is 8.99. The lowest BCUT2D eigenvalue weighted by atomic mass is 10.0. The van der Waals surface area contributed by atoms with Crippen LogP contribution >= 0.6 is 0 Å². The first-order chi connectivity index (χ1) is 26.8. The van der Waals surface area contributed by atoms with Crippen molar-refractivity contribution in [2.75, 3.05) is 32.7 Å². The van der Waals surface area contributed by atoms with Crippen molar-refractivity contribution in [2.45, 2.75) is 129 Å². The van der Waals surface area contributed by atoms with Gasteiger partial charge in [0.15, 0.2) is 5.96 Å². The molecule has 0 saturated carbocycles. The van der Waals surface area contributed by atoms with Crippen LogP contribution in [0.1, 0.15) is 92.4 Å². The van der Waals surface area contributed by atoms with Gasteiger partial charge in [-0.2, -0.15) is 0 Å². The van der Waals surface area contributed by atoms with Gasteiger partial charge in [-0.25, -0.2) is 0 Å². The first-order valence-electron chi connectivity index (χ1n) is 19.6. The van der Waals surface area contributed by atoms with Gasteiger partial charge >= 0.3 is 5.97 Å². The van der Waals surface area contributed by atoms with Crippen LogP contribution in [0, 0.1) is 11.8 Å². The minimum atomic E-state index is -1.22. The fraction of sp³-hybridized carbons (Fsp3) is 0.750. The standard InChI is InChI=1S/C36H66N12O9/c1-20(2)16-25(47-30(52)22(5)44-33(55)24(11-8-14-41-36(39)40)46-31(53)23(38)10-6-7-13-37)32(54)42-18-28(49)45-26(17-21(3)4)35(57)48-15-9-12-27(48)34(56)43-19-29(50)51/h20-27H,6-19,37-38H2,1-5H3,(H,42,54)(H,43,56)(H,44,55)(H,45,49)(H,46,53)(H,47,52)(H,50,51)(H4,39,40,41)/t22-,23-,24-,25-,26-,27-/m0/s1. The number of nitrogens with two attached hydrogens (primary N) is 4. The second-order valence-corrected chi connectivity index (χ2v) is 15.1. The highest BCUT2D eigenvalue weighted by Crippen LogP contribution is 2.20. The Morgan fingerprint density at radius 2 is 1.37 bits per heavy atom. The second kappa shape index (κ2) is 26.0. The maximum absolute atomic E-state index is 13.6. The average Bonchev–Trinajstić information content (AvgIpc) is 3.62. The Hall–Kier alpha value is -5.05. The van der Waals surface area contributed by atoms with Gasteiger partial charge in [-0.05, 0) is 76.7 Å². The minimum absolute atomic E-state index is 0.0378. The summed E-state index contributed by atoms with van der Waals surface area (Å²) in [4.78, 5) is 108. The van der Waals surface area contributed by atoms with E-state index in [9.17, 15) is 38.4 Å². The number of carbonyl (C=O) groups excluding carboxylic acids is 7. The van der Waals surface area contributed by atoms with Gasteiger partial charge in [0.2, 0.25) is 41.4 Å². The van der Waals surface area contributed by atoms with Crippen LogP contribution < -0.4 is 54.8 Å². The molecule has 6 atom stereocenters. The van der Waals surface area contributed by atoms with Crippen molar-refractivity contribution < 1.29 is 43.5 Å². The minimum Gasteiger partial charge on any atom is -0.480 e. The molecule has 1 rings (SSSR count). The molecule has 1 aliphatic heterocycles. The molecule has 7 amide bonds. The molecule has 21 nitrogen and oxygen atoms in total. The number of hydrogen-bond donors (Lipinski definition) is 11. The van der Waals surface area contributed by atoms with Gasteiger partial charge < -0.3 is 64.8 Å². The first kappa shape index (κ1) is 50.0. The lowest BCUT2D eigenvalue weighted by Gasteiger charge is -2.29. The molecule has 1 saturated heterocycles. The number of carboxylic acids is 1. The number of rotatable bonds is 26. The number of aliphatic carboxylic acids is 1. The number of nitrogens with one attached hydrogen (secondary N) is 6. The molecule has 0 aliphatic carbocycles. The summed E-state index contributed by atoms with van der Waals surface area (Å²) < 4.78 is 0. The highest BCUT2D eigenvalue weighted by atomic mass is 16.4. The van der Waals surface area contributed by atoms with Crippen molar-refractivity contribution >= 4 is 53.3 Å². The van der Waals surface area contributed by atoms with Gasteiger partial charge in [0.05, 0.1) is 12.6 Å². The van der Waals surface area contributed by atoms with E-state index in [2.05, 4.69) is 36.9 Å². The number of guanidine groups is 1. The van der Waals surface area contributed by atoms with Gasteiger partial charge in [0, 0.05) is 13.1 Å². The van der Waals surface area contributed by atoms with Crippen molar-refractivity contribution in [1.82, 2.24) is 36.8 Å². The van der Waals surface area contributed by atoms with Crippen LogP contribution in [-0.4, -0.2) is 132 Å². The molecule has 0 aromatic carbocycles. The molecule has 0 spiro atoms. The normalized spacial score (nSPS) is 16.4. The number of carboxylic acid groups (broad SMARTS) is 1. The van der Waals surface area contributed by atoms with Crippen molar-refractivity contribution in [2.24, 2.45) is 39.8 Å². The summed E-state index contributed by atoms with van der Waals surface area (Å²) in [6.45, 7) is 8.53. The van der Waals surface area contributed by atoms with Crippen LogP contribution in [0.4, 0.5) is 0 Å². The maximum atomic E-state index is 13.6. The topological polar surface area (TPSA) is 349 Å². The molecule has 15 N–H and O–H groups in total. The van der Waals surface area contributed by atoms with E-state index in [4.69, 9.17) is 28.0 Å². The lowest BCUT2D eigenvalue weighted by Crippen LogP contribution is -2.58. The zero-order valence-electron chi connectivity index (χ0n) is 33.9. The molecule has 0 radical (unpaired) electrons. The molecule has 324 valence electrons. The van der Waals surface area contributed by atoms with Crippen LogP contribution in [-0.2, 0) is 38.4 Å². The molecule has 1 heterocycles. The summed E-state index contributed by atoms with van der Waals surface area (Å²) in [5.41, 5.74) is 22.3. The van der Waals surface area contributed by atoms with Crippen LogP contribution in [0.25, 0.3) is 0 Å². The van der Waals surface area contributed by atoms with Gasteiger partial charge in [0.1, 0.15) is 36.8 Å². The zero-order valence-corrected chi connectivity index (χ0v) is 33.9. The van der Waals surface area contributed by atoms with Gasteiger partial charge in [-0.15, -0.1) is 0 Å².